The van der Waals surface area contributed by atoms with E-state index in [1.807, 2.05) is 0 Å². The summed E-state index contributed by atoms with van der Waals surface area (Å²) in [5, 5.41) is 0. The van der Waals surface area contributed by atoms with Crippen LogP contribution >= 0.6 is 11.3 Å². The van der Waals surface area contributed by atoms with Gasteiger partial charge in [-0.15, -0.1) is 11.3 Å². The Morgan fingerprint density at radius 1 is 1.33 bits per heavy atom. The SMILES string of the molecule is Nc1c(OCCCC(F)(F)F)ccc2scnc12. The summed E-state index contributed by atoms with van der Waals surface area (Å²) in [6.07, 6.45) is -5.09. The molecular formula is C11H11F3N2OS. The second kappa shape index (κ2) is 5.01. The van der Waals surface area contributed by atoms with E-state index in [2.05, 4.69) is 4.98 Å². The van der Waals surface area contributed by atoms with Crippen LogP contribution in [0, 0.1) is 0 Å². The molecule has 1 heterocycles. The topological polar surface area (TPSA) is 48.1 Å². The van der Waals surface area contributed by atoms with Gasteiger partial charge >= 0.3 is 6.18 Å². The van der Waals surface area contributed by atoms with Gasteiger partial charge in [0.2, 0.25) is 0 Å². The monoisotopic (exact) mass is 276 g/mol. The minimum atomic E-state index is -4.15. The summed E-state index contributed by atoms with van der Waals surface area (Å²) in [4.78, 5) is 4.08. The van der Waals surface area contributed by atoms with E-state index >= 15 is 0 Å². The van der Waals surface area contributed by atoms with Crippen molar-refractivity contribution < 1.29 is 17.9 Å². The molecule has 0 unspecified atom stereocenters. The van der Waals surface area contributed by atoms with Gasteiger partial charge in [-0.1, -0.05) is 0 Å². The average Bonchev–Trinajstić information content (AvgIpc) is 2.74. The van der Waals surface area contributed by atoms with Gasteiger partial charge in [0, 0.05) is 6.42 Å². The van der Waals surface area contributed by atoms with Gasteiger partial charge in [-0.25, -0.2) is 4.98 Å². The Balaban J connectivity index is 1.97. The number of halogens is 3. The highest BCUT2D eigenvalue weighted by Gasteiger charge is 2.26. The summed E-state index contributed by atoms with van der Waals surface area (Å²) in [5.41, 5.74) is 8.50. The molecule has 1 aromatic heterocycles. The third kappa shape index (κ3) is 3.04. The van der Waals surface area contributed by atoms with Crippen LogP contribution in [-0.2, 0) is 0 Å². The van der Waals surface area contributed by atoms with Crippen molar-refractivity contribution in [2.45, 2.75) is 19.0 Å². The Kier molecular flexibility index (Phi) is 3.60. The highest BCUT2D eigenvalue weighted by atomic mass is 32.1. The van der Waals surface area contributed by atoms with Crippen molar-refractivity contribution in [1.82, 2.24) is 4.98 Å². The Hall–Kier alpha value is -1.50. The fourth-order valence-corrected chi connectivity index (χ4v) is 2.21. The number of nitrogens with zero attached hydrogens (tertiary/aromatic N) is 1. The number of fused-ring (bicyclic) bond motifs is 1. The van der Waals surface area contributed by atoms with Gasteiger partial charge < -0.3 is 10.5 Å². The lowest BCUT2D eigenvalue weighted by Crippen LogP contribution is -2.10. The zero-order valence-corrected chi connectivity index (χ0v) is 10.1. The molecule has 0 aliphatic carbocycles. The molecule has 18 heavy (non-hydrogen) atoms. The second-order valence-corrected chi connectivity index (χ2v) is 4.63. The van der Waals surface area contributed by atoms with E-state index < -0.39 is 12.6 Å². The Labute approximate surface area is 105 Å². The molecule has 0 aliphatic heterocycles. The summed E-state index contributed by atoms with van der Waals surface area (Å²) in [6.45, 7) is -0.0145. The van der Waals surface area contributed by atoms with Crippen molar-refractivity contribution in [2.24, 2.45) is 0 Å². The quantitative estimate of drug-likeness (QED) is 0.685. The lowest BCUT2D eigenvalue weighted by Gasteiger charge is -2.10. The van der Waals surface area contributed by atoms with Gasteiger partial charge in [0.25, 0.3) is 0 Å². The van der Waals surface area contributed by atoms with Gasteiger partial charge in [0.15, 0.2) is 0 Å². The number of alkyl halides is 3. The fourth-order valence-electron chi connectivity index (χ4n) is 1.51. The third-order valence-electron chi connectivity index (χ3n) is 2.36. The normalized spacial score (nSPS) is 11.9. The minimum Gasteiger partial charge on any atom is -0.491 e. The Morgan fingerprint density at radius 2 is 2.11 bits per heavy atom. The van der Waals surface area contributed by atoms with E-state index in [1.54, 1.807) is 17.6 Å². The van der Waals surface area contributed by atoms with Crippen molar-refractivity contribution in [2.75, 3.05) is 12.3 Å². The minimum absolute atomic E-state index is 0.0145. The first-order valence-electron chi connectivity index (χ1n) is 5.28. The molecule has 2 N–H and O–H groups in total. The van der Waals surface area contributed by atoms with E-state index in [0.717, 1.165) is 4.70 Å². The first-order chi connectivity index (χ1) is 8.47. The van der Waals surface area contributed by atoms with Crippen molar-refractivity contribution in [3.05, 3.63) is 17.6 Å². The van der Waals surface area contributed by atoms with Gasteiger partial charge in [0.05, 0.1) is 16.8 Å². The number of nitrogen functional groups attached to an aromatic ring is 1. The predicted molar refractivity (Wildman–Crippen MR) is 64.8 cm³/mol. The van der Waals surface area contributed by atoms with Crippen LogP contribution in [0.3, 0.4) is 0 Å². The van der Waals surface area contributed by atoms with Crippen LogP contribution in [-0.4, -0.2) is 17.8 Å². The molecule has 1 aromatic carbocycles. The molecule has 0 aliphatic rings. The molecule has 2 rings (SSSR count). The number of nitrogens with two attached hydrogens (primary N) is 1. The highest BCUT2D eigenvalue weighted by Crippen LogP contribution is 2.32. The number of ether oxygens (including phenoxy) is 1. The number of anilines is 1. The largest absolute Gasteiger partial charge is 0.491 e. The maximum absolute atomic E-state index is 11.9. The summed E-state index contributed by atoms with van der Waals surface area (Å²) < 4.78 is 42.0. The summed E-state index contributed by atoms with van der Waals surface area (Å²) >= 11 is 1.45. The van der Waals surface area contributed by atoms with Crippen LogP contribution in [0.1, 0.15) is 12.8 Å². The van der Waals surface area contributed by atoms with Crippen molar-refractivity contribution in [3.63, 3.8) is 0 Å². The van der Waals surface area contributed by atoms with Crippen LogP contribution in [0.25, 0.3) is 10.2 Å². The molecule has 2 aromatic rings. The smallest absolute Gasteiger partial charge is 0.389 e. The van der Waals surface area contributed by atoms with Gasteiger partial charge in [-0.05, 0) is 18.6 Å². The van der Waals surface area contributed by atoms with Crippen LogP contribution in [0.5, 0.6) is 5.75 Å². The van der Waals surface area contributed by atoms with Gasteiger partial charge in [-0.2, -0.15) is 13.2 Å². The molecule has 0 atom stereocenters. The Bertz CT molecular complexity index is 539. The van der Waals surface area contributed by atoms with E-state index in [-0.39, 0.29) is 13.0 Å². The van der Waals surface area contributed by atoms with E-state index in [1.165, 1.54) is 11.3 Å². The maximum atomic E-state index is 11.9. The summed E-state index contributed by atoms with van der Waals surface area (Å²) in [6, 6.07) is 3.45. The third-order valence-corrected chi connectivity index (χ3v) is 3.16. The number of hydrogen-bond acceptors (Lipinski definition) is 4. The maximum Gasteiger partial charge on any atom is 0.389 e. The van der Waals surface area contributed by atoms with Crippen molar-refractivity contribution >= 4 is 27.2 Å². The fraction of sp³-hybridized carbons (Fsp3) is 0.364. The number of rotatable bonds is 4. The van der Waals surface area contributed by atoms with Crippen molar-refractivity contribution in [1.29, 1.82) is 0 Å². The zero-order chi connectivity index (χ0) is 13.2. The molecule has 0 bridgehead atoms. The van der Waals surface area contributed by atoms with Crippen LogP contribution in [0.15, 0.2) is 17.6 Å². The van der Waals surface area contributed by atoms with Crippen LogP contribution in [0.2, 0.25) is 0 Å². The molecule has 98 valence electrons. The first kappa shape index (κ1) is 12.9. The number of benzene rings is 1. The second-order valence-electron chi connectivity index (χ2n) is 3.74. The summed E-state index contributed by atoms with van der Waals surface area (Å²) in [7, 11) is 0. The lowest BCUT2D eigenvalue weighted by molar-refractivity contribution is -0.136. The highest BCUT2D eigenvalue weighted by molar-refractivity contribution is 7.16. The molecule has 0 amide bonds. The van der Waals surface area contributed by atoms with Crippen LogP contribution in [0.4, 0.5) is 18.9 Å². The molecule has 3 nitrogen and oxygen atoms in total. The molecule has 7 heteroatoms. The molecular weight excluding hydrogens is 265 g/mol. The van der Waals surface area contributed by atoms with E-state index in [9.17, 15) is 13.2 Å². The number of aromatic nitrogens is 1. The molecule has 0 saturated heterocycles. The number of thiazole rings is 1. The zero-order valence-electron chi connectivity index (χ0n) is 9.33. The van der Waals surface area contributed by atoms with Crippen molar-refractivity contribution in [3.8, 4) is 5.75 Å². The van der Waals surface area contributed by atoms with E-state index in [4.69, 9.17) is 10.5 Å². The average molecular weight is 276 g/mol. The molecule has 0 radical (unpaired) electrons. The summed E-state index contributed by atoms with van der Waals surface area (Å²) in [5.74, 6) is 0.385. The van der Waals surface area contributed by atoms with Crippen LogP contribution < -0.4 is 10.5 Å². The number of hydrogen-bond donors (Lipinski definition) is 1. The van der Waals surface area contributed by atoms with Gasteiger partial charge in [-0.3, -0.25) is 0 Å². The lowest BCUT2D eigenvalue weighted by atomic mass is 10.2. The predicted octanol–water partition coefficient (Wildman–Crippen LogP) is 3.60. The Morgan fingerprint density at radius 3 is 2.83 bits per heavy atom. The molecule has 0 fully saturated rings. The first-order valence-corrected chi connectivity index (χ1v) is 6.16. The molecule has 0 saturated carbocycles. The molecule has 0 spiro atoms. The standard InChI is InChI=1S/C11H11F3N2OS/c12-11(13,14)4-1-5-17-7-2-3-8-10(9(7)15)16-6-18-8/h2-3,6H,1,4-5,15H2. The van der Waals surface area contributed by atoms with Gasteiger partial charge in [0.1, 0.15) is 17.0 Å². The van der Waals surface area contributed by atoms with E-state index in [0.29, 0.717) is 17.0 Å².